The summed E-state index contributed by atoms with van der Waals surface area (Å²) in [6, 6.07) is 20.7. The van der Waals surface area contributed by atoms with Crippen LogP contribution in [0, 0.1) is 0 Å². The first kappa shape index (κ1) is 36.7. The van der Waals surface area contributed by atoms with Gasteiger partial charge in [0.2, 0.25) is 0 Å². The van der Waals surface area contributed by atoms with E-state index in [9.17, 15) is 0 Å². The van der Waals surface area contributed by atoms with Crippen LogP contribution in [0.4, 0.5) is 0 Å². The van der Waals surface area contributed by atoms with Gasteiger partial charge >= 0.3 is 0 Å². The Morgan fingerprint density at radius 3 is 1.28 bits per heavy atom. The standard InChI is InChI=1S/C44H70N2/c1-6-7-8-9-10-11-12-13-15-20-34-45(2,3)36-22-17-18-23-37-46(4,5)35-21-16-14-19-25-38-28-29-41-31-30-39-26-24-27-40-32-33-42(38)44(41)43(39)40/h24,26-33H,6-23,25,34-37H2,1-5H3/q+2. The maximum atomic E-state index is 2.46. The highest BCUT2D eigenvalue weighted by Crippen LogP contribution is 2.36. The van der Waals surface area contributed by atoms with Crippen molar-refractivity contribution >= 4 is 32.3 Å². The Morgan fingerprint density at radius 1 is 0.391 bits per heavy atom. The lowest BCUT2D eigenvalue weighted by molar-refractivity contribution is -0.891. The highest BCUT2D eigenvalue weighted by Gasteiger charge is 2.16. The molecule has 0 atom stereocenters. The fourth-order valence-electron chi connectivity index (χ4n) is 7.91. The third kappa shape index (κ3) is 11.8. The van der Waals surface area contributed by atoms with Crippen molar-refractivity contribution in [2.45, 2.75) is 129 Å². The monoisotopic (exact) mass is 627 g/mol. The Kier molecular flexibility index (Phi) is 15.1. The summed E-state index contributed by atoms with van der Waals surface area (Å²) in [5.41, 5.74) is 1.53. The molecule has 0 radical (unpaired) electrons. The molecule has 0 fully saturated rings. The van der Waals surface area contributed by atoms with Crippen LogP contribution in [0.25, 0.3) is 32.3 Å². The molecule has 2 heteroatoms. The molecule has 254 valence electrons. The number of benzene rings is 4. The molecule has 0 heterocycles. The summed E-state index contributed by atoms with van der Waals surface area (Å²) in [5.74, 6) is 0. The van der Waals surface area contributed by atoms with Crippen LogP contribution < -0.4 is 0 Å². The van der Waals surface area contributed by atoms with E-state index in [2.05, 4.69) is 89.7 Å². The summed E-state index contributed by atoms with van der Waals surface area (Å²) < 4.78 is 2.41. The van der Waals surface area contributed by atoms with Crippen LogP contribution in [0.2, 0.25) is 0 Å². The first-order valence-corrected chi connectivity index (χ1v) is 19.6. The van der Waals surface area contributed by atoms with Gasteiger partial charge in [-0.3, -0.25) is 0 Å². The van der Waals surface area contributed by atoms with E-state index < -0.39 is 0 Å². The Bertz CT molecular complexity index is 1380. The fraction of sp³-hybridized carbons (Fsp3) is 0.636. The smallest absolute Gasteiger partial charge is 0.0782 e. The molecular formula is C44H70N2+2. The molecule has 46 heavy (non-hydrogen) atoms. The highest BCUT2D eigenvalue weighted by molar-refractivity contribution is 6.23. The first-order valence-electron chi connectivity index (χ1n) is 19.6. The van der Waals surface area contributed by atoms with E-state index >= 15 is 0 Å². The second kappa shape index (κ2) is 19.0. The lowest BCUT2D eigenvalue weighted by atomic mass is 9.90. The molecule has 0 unspecified atom stereocenters. The van der Waals surface area contributed by atoms with Crippen molar-refractivity contribution in [2.75, 3.05) is 54.4 Å². The zero-order valence-corrected chi connectivity index (χ0v) is 30.9. The number of quaternary nitrogens is 2. The van der Waals surface area contributed by atoms with Crippen LogP contribution in [-0.4, -0.2) is 63.3 Å². The van der Waals surface area contributed by atoms with Crippen LogP contribution in [0.5, 0.6) is 0 Å². The number of hydrogen-bond donors (Lipinski definition) is 0. The largest absolute Gasteiger partial charge is 0.328 e. The highest BCUT2D eigenvalue weighted by atomic mass is 15.3. The van der Waals surface area contributed by atoms with E-state index in [4.69, 9.17) is 0 Å². The molecule has 4 aromatic rings. The Balaban J connectivity index is 1.02. The molecule has 0 aliphatic heterocycles. The van der Waals surface area contributed by atoms with Gasteiger partial charge in [-0.15, -0.1) is 0 Å². The summed E-state index contributed by atoms with van der Waals surface area (Å²) >= 11 is 0. The van der Waals surface area contributed by atoms with E-state index in [1.54, 1.807) is 0 Å². The van der Waals surface area contributed by atoms with Gasteiger partial charge in [0, 0.05) is 0 Å². The van der Waals surface area contributed by atoms with E-state index in [1.807, 2.05) is 0 Å². The molecular weight excluding hydrogens is 556 g/mol. The molecule has 4 rings (SSSR count). The van der Waals surface area contributed by atoms with Gasteiger partial charge in [0.25, 0.3) is 0 Å². The average Bonchev–Trinajstić information content (AvgIpc) is 3.04. The zero-order valence-electron chi connectivity index (χ0n) is 30.9. The molecule has 4 aromatic carbocycles. The molecule has 0 spiro atoms. The van der Waals surface area contributed by atoms with Crippen LogP contribution in [0.15, 0.2) is 54.6 Å². The maximum Gasteiger partial charge on any atom is 0.0782 e. The van der Waals surface area contributed by atoms with Crippen molar-refractivity contribution in [1.29, 1.82) is 0 Å². The predicted octanol–water partition coefficient (Wildman–Crippen LogP) is 12.3. The Hall–Kier alpha value is -2.16. The summed E-state index contributed by atoms with van der Waals surface area (Å²) in [5, 5.41) is 8.50. The minimum atomic E-state index is 1.19. The molecule has 0 aliphatic rings. The molecule has 0 amide bonds. The van der Waals surface area contributed by atoms with Crippen molar-refractivity contribution in [3.05, 3.63) is 60.2 Å². The third-order valence-corrected chi connectivity index (χ3v) is 11.0. The molecule has 0 aliphatic carbocycles. The van der Waals surface area contributed by atoms with Crippen molar-refractivity contribution in [1.82, 2.24) is 0 Å². The van der Waals surface area contributed by atoms with Gasteiger partial charge in [-0.1, -0.05) is 119 Å². The number of nitrogens with zero attached hydrogens (tertiary/aromatic N) is 2. The summed E-state index contributed by atoms with van der Waals surface area (Å²) in [6.45, 7) is 7.67. The average molecular weight is 627 g/mol. The molecule has 0 saturated carbocycles. The first-order chi connectivity index (χ1) is 22.3. The van der Waals surface area contributed by atoms with Crippen LogP contribution in [-0.2, 0) is 6.42 Å². The van der Waals surface area contributed by atoms with Gasteiger partial charge in [-0.05, 0) is 102 Å². The fourth-order valence-corrected chi connectivity index (χ4v) is 7.91. The van der Waals surface area contributed by atoms with Gasteiger partial charge < -0.3 is 8.97 Å². The zero-order chi connectivity index (χ0) is 32.7. The predicted molar refractivity (Wildman–Crippen MR) is 206 cm³/mol. The Morgan fingerprint density at radius 2 is 0.783 bits per heavy atom. The maximum absolute atomic E-state index is 2.46. The summed E-state index contributed by atoms with van der Waals surface area (Å²) in [6.07, 6.45) is 26.5. The van der Waals surface area contributed by atoms with Crippen molar-refractivity contribution in [3.63, 3.8) is 0 Å². The minimum Gasteiger partial charge on any atom is -0.328 e. The molecule has 2 nitrogen and oxygen atoms in total. The number of aryl methyl sites for hydroxylation is 1. The number of hydrogen-bond acceptors (Lipinski definition) is 0. The van der Waals surface area contributed by atoms with Crippen LogP contribution >= 0.6 is 0 Å². The minimum absolute atomic E-state index is 1.19. The topological polar surface area (TPSA) is 0 Å². The van der Waals surface area contributed by atoms with E-state index in [-0.39, 0.29) is 0 Å². The Labute approximate surface area is 284 Å². The van der Waals surface area contributed by atoms with Crippen LogP contribution in [0.3, 0.4) is 0 Å². The van der Waals surface area contributed by atoms with Crippen molar-refractivity contribution < 1.29 is 8.97 Å². The number of rotatable bonds is 25. The van der Waals surface area contributed by atoms with Gasteiger partial charge in [-0.25, -0.2) is 0 Å². The second-order valence-electron chi connectivity index (χ2n) is 16.1. The summed E-state index contributed by atoms with van der Waals surface area (Å²) in [4.78, 5) is 0. The van der Waals surface area contributed by atoms with Gasteiger partial charge in [0.15, 0.2) is 0 Å². The van der Waals surface area contributed by atoms with Gasteiger partial charge in [0.05, 0.1) is 54.4 Å². The van der Waals surface area contributed by atoms with Crippen molar-refractivity contribution in [2.24, 2.45) is 0 Å². The lowest BCUT2D eigenvalue weighted by Crippen LogP contribution is -2.41. The lowest BCUT2D eigenvalue weighted by Gasteiger charge is -2.31. The van der Waals surface area contributed by atoms with Crippen LogP contribution in [0.1, 0.15) is 128 Å². The molecule has 0 saturated heterocycles. The number of unbranched alkanes of at least 4 members (excludes halogenated alkanes) is 15. The molecule has 0 bridgehead atoms. The molecule has 0 aromatic heterocycles. The van der Waals surface area contributed by atoms with E-state index in [1.165, 1.54) is 195 Å². The normalized spacial score (nSPS) is 12.7. The quantitative estimate of drug-likeness (QED) is 0.0390. The van der Waals surface area contributed by atoms with Crippen molar-refractivity contribution in [3.8, 4) is 0 Å². The van der Waals surface area contributed by atoms with Gasteiger partial charge in [0.1, 0.15) is 0 Å². The summed E-state index contributed by atoms with van der Waals surface area (Å²) in [7, 11) is 9.83. The molecule has 0 N–H and O–H groups in total. The third-order valence-electron chi connectivity index (χ3n) is 11.0. The second-order valence-corrected chi connectivity index (χ2v) is 16.1. The van der Waals surface area contributed by atoms with E-state index in [0.29, 0.717) is 0 Å². The SMILES string of the molecule is CCCCCCCCCCCC[N+](C)(C)CCCCCC[N+](C)(C)CCCCCCc1ccc2ccc3cccc4ccc1c2c34. The van der Waals surface area contributed by atoms with Gasteiger partial charge in [-0.2, -0.15) is 0 Å². The van der Waals surface area contributed by atoms with E-state index in [0.717, 1.165) is 0 Å².